The number of nitrogen functional groups attached to an aromatic ring is 1. The zero-order valence-corrected chi connectivity index (χ0v) is 10.9. The summed E-state index contributed by atoms with van der Waals surface area (Å²) in [7, 11) is 1.93. The third-order valence-electron chi connectivity index (χ3n) is 3.13. The molecule has 1 atom stereocenters. The Balaban J connectivity index is 2.02. The van der Waals surface area contributed by atoms with Gasteiger partial charge in [-0.3, -0.25) is 0 Å². The molecule has 19 heavy (non-hydrogen) atoms. The van der Waals surface area contributed by atoms with Crippen molar-refractivity contribution in [1.82, 2.24) is 10.3 Å². The molecule has 2 rings (SSSR count). The molecule has 1 aromatic heterocycles. The van der Waals surface area contributed by atoms with E-state index in [0.29, 0.717) is 5.82 Å². The number of rotatable bonds is 5. The molecule has 0 amide bonds. The fourth-order valence-electron chi connectivity index (χ4n) is 2.09. The SMILES string of the molecule is CNC(Cc1ccc(F)cc1)Cc1ccnc(N)c1. The van der Waals surface area contributed by atoms with Gasteiger partial charge in [-0.1, -0.05) is 12.1 Å². The lowest BCUT2D eigenvalue weighted by atomic mass is 9.99. The summed E-state index contributed by atoms with van der Waals surface area (Å²) in [6, 6.07) is 10.8. The number of benzene rings is 1. The average molecular weight is 259 g/mol. The normalized spacial score (nSPS) is 12.3. The molecule has 0 radical (unpaired) electrons. The van der Waals surface area contributed by atoms with E-state index in [0.717, 1.165) is 24.0 Å². The van der Waals surface area contributed by atoms with Crippen LogP contribution >= 0.6 is 0 Å². The van der Waals surface area contributed by atoms with Gasteiger partial charge in [-0.15, -0.1) is 0 Å². The molecule has 0 saturated heterocycles. The van der Waals surface area contributed by atoms with E-state index in [1.807, 2.05) is 31.3 Å². The molecule has 3 N–H and O–H groups in total. The zero-order valence-electron chi connectivity index (χ0n) is 10.9. The number of likely N-dealkylation sites (N-methyl/N-ethyl adjacent to an activating group) is 1. The van der Waals surface area contributed by atoms with Crippen LogP contribution in [-0.4, -0.2) is 18.1 Å². The van der Waals surface area contributed by atoms with Gasteiger partial charge in [0.2, 0.25) is 0 Å². The number of nitrogens with two attached hydrogens (primary N) is 1. The summed E-state index contributed by atoms with van der Waals surface area (Å²) in [4.78, 5) is 3.98. The minimum atomic E-state index is -0.202. The van der Waals surface area contributed by atoms with Crippen molar-refractivity contribution in [2.24, 2.45) is 0 Å². The van der Waals surface area contributed by atoms with Crippen molar-refractivity contribution >= 4 is 5.82 Å². The molecule has 100 valence electrons. The summed E-state index contributed by atoms with van der Waals surface area (Å²) >= 11 is 0. The Bertz CT molecular complexity index is 525. The Labute approximate surface area is 112 Å². The predicted molar refractivity (Wildman–Crippen MR) is 75.3 cm³/mol. The van der Waals surface area contributed by atoms with E-state index >= 15 is 0 Å². The zero-order chi connectivity index (χ0) is 13.7. The number of aromatic nitrogens is 1. The molecule has 4 heteroatoms. The molecule has 0 spiro atoms. The van der Waals surface area contributed by atoms with Crippen LogP contribution in [0.1, 0.15) is 11.1 Å². The highest BCUT2D eigenvalue weighted by atomic mass is 19.1. The Morgan fingerprint density at radius 3 is 2.47 bits per heavy atom. The molecule has 2 aromatic rings. The smallest absolute Gasteiger partial charge is 0.123 e. The highest BCUT2D eigenvalue weighted by molar-refractivity contribution is 5.32. The van der Waals surface area contributed by atoms with Crippen molar-refractivity contribution in [2.75, 3.05) is 12.8 Å². The first-order valence-electron chi connectivity index (χ1n) is 6.29. The van der Waals surface area contributed by atoms with Crippen LogP contribution in [0.4, 0.5) is 10.2 Å². The van der Waals surface area contributed by atoms with E-state index in [9.17, 15) is 4.39 Å². The molecule has 1 aromatic carbocycles. The monoisotopic (exact) mass is 259 g/mol. The van der Waals surface area contributed by atoms with Crippen LogP contribution in [0, 0.1) is 5.82 Å². The van der Waals surface area contributed by atoms with Crippen molar-refractivity contribution < 1.29 is 4.39 Å². The van der Waals surface area contributed by atoms with Gasteiger partial charge in [0, 0.05) is 12.2 Å². The highest BCUT2D eigenvalue weighted by Crippen LogP contribution is 2.11. The van der Waals surface area contributed by atoms with Crippen LogP contribution in [0.25, 0.3) is 0 Å². The second kappa shape index (κ2) is 6.29. The molecule has 3 nitrogen and oxygen atoms in total. The highest BCUT2D eigenvalue weighted by Gasteiger charge is 2.09. The third kappa shape index (κ3) is 4.03. The van der Waals surface area contributed by atoms with Gasteiger partial charge in [0.05, 0.1) is 0 Å². The van der Waals surface area contributed by atoms with Crippen molar-refractivity contribution in [1.29, 1.82) is 0 Å². The maximum absolute atomic E-state index is 12.9. The predicted octanol–water partition coefficient (Wildman–Crippen LogP) is 2.18. The fourth-order valence-corrected chi connectivity index (χ4v) is 2.09. The van der Waals surface area contributed by atoms with E-state index in [-0.39, 0.29) is 11.9 Å². The first kappa shape index (κ1) is 13.5. The molecular formula is C15H18FN3. The number of nitrogens with one attached hydrogen (secondary N) is 1. The van der Waals surface area contributed by atoms with E-state index in [1.165, 1.54) is 12.1 Å². The minimum Gasteiger partial charge on any atom is -0.384 e. The topological polar surface area (TPSA) is 50.9 Å². The van der Waals surface area contributed by atoms with Gasteiger partial charge in [0.25, 0.3) is 0 Å². The summed E-state index contributed by atoms with van der Waals surface area (Å²) in [5, 5.41) is 3.28. The molecule has 0 saturated carbocycles. The lowest BCUT2D eigenvalue weighted by Crippen LogP contribution is -2.29. The maximum atomic E-state index is 12.9. The van der Waals surface area contributed by atoms with Gasteiger partial charge in [-0.25, -0.2) is 9.37 Å². The molecule has 0 aliphatic rings. The van der Waals surface area contributed by atoms with Crippen LogP contribution in [0.15, 0.2) is 42.6 Å². The Kier molecular flexibility index (Phi) is 4.47. The van der Waals surface area contributed by atoms with Gasteiger partial charge < -0.3 is 11.1 Å². The second-order valence-corrected chi connectivity index (χ2v) is 4.61. The Hall–Kier alpha value is -1.94. The van der Waals surface area contributed by atoms with Crippen molar-refractivity contribution in [2.45, 2.75) is 18.9 Å². The molecular weight excluding hydrogens is 241 g/mol. The summed E-state index contributed by atoms with van der Waals surface area (Å²) in [6.07, 6.45) is 3.43. The first-order chi connectivity index (χ1) is 9.17. The maximum Gasteiger partial charge on any atom is 0.123 e. The van der Waals surface area contributed by atoms with Crippen LogP contribution in [0.2, 0.25) is 0 Å². The fraction of sp³-hybridized carbons (Fsp3) is 0.267. The number of anilines is 1. The quantitative estimate of drug-likeness (QED) is 0.865. The summed E-state index contributed by atoms with van der Waals surface area (Å²) < 4.78 is 12.9. The molecule has 1 unspecified atom stereocenters. The van der Waals surface area contributed by atoms with Crippen LogP contribution in [0.5, 0.6) is 0 Å². The van der Waals surface area contributed by atoms with Gasteiger partial charge >= 0.3 is 0 Å². The lowest BCUT2D eigenvalue weighted by Gasteiger charge is -2.16. The number of pyridine rings is 1. The van der Waals surface area contributed by atoms with Gasteiger partial charge in [-0.05, 0) is 55.3 Å². The average Bonchev–Trinajstić information content (AvgIpc) is 2.40. The first-order valence-corrected chi connectivity index (χ1v) is 6.29. The van der Waals surface area contributed by atoms with Crippen LogP contribution < -0.4 is 11.1 Å². The van der Waals surface area contributed by atoms with E-state index < -0.39 is 0 Å². The standard InChI is InChI=1S/C15H18FN3/c1-18-14(8-11-2-4-13(16)5-3-11)9-12-6-7-19-15(17)10-12/h2-7,10,14,18H,8-9H2,1H3,(H2,17,19). The van der Waals surface area contributed by atoms with Gasteiger partial charge in [0.15, 0.2) is 0 Å². The van der Waals surface area contributed by atoms with Crippen LogP contribution in [-0.2, 0) is 12.8 Å². The molecule has 0 aliphatic carbocycles. The molecule has 0 fully saturated rings. The Morgan fingerprint density at radius 2 is 1.84 bits per heavy atom. The van der Waals surface area contributed by atoms with Gasteiger partial charge in [0.1, 0.15) is 11.6 Å². The van der Waals surface area contributed by atoms with Crippen molar-refractivity contribution in [3.05, 3.63) is 59.5 Å². The van der Waals surface area contributed by atoms with Gasteiger partial charge in [-0.2, -0.15) is 0 Å². The minimum absolute atomic E-state index is 0.202. The number of nitrogens with zero attached hydrogens (tertiary/aromatic N) is 1. The summed E-state index contributed by atoms with van der Waals surface area (Å²) in [6.45, 7) is 0. The van der Waals surface area contributed by atoms with E-state index in [1.54, 1.807) is 6.20 Å². The van der Waals surface area contributed by atoms with Crippen LogP contribution in [0.3, 0.4) is 0 Å². The van der Waals surface area contributed by atoms with E-state index in [2.05, 4.69) is 10.3 Å². The number of hydrogen-bond donors (Lipinski definition) is 2. The number of hydrogen-bond acceptors (Lipinski definition) is 3. The molecule has 0 aliphatic heterocycles. The summed E-state index contributed by atoms with van der Waals surface area (Å²) in [5.74, 6) is 0.334. The Morgan fingerprint density at radius 1 is 1.16 bits per heavy atom. The van der Waals surface area contributed by atoms with E-state index in [4.69, 9.17) is 5.73 Å². The lowest BCUT2D eigenvalue weighted by molar-refractivity contribution is 0.555. The molecule has 1 heterocycles. The largest absolute Gasteiger partial charge is 0.384 e. The summed E-state index contributed by atoms with van der Waals surface area (Å²) in [5.41, 5.74) is 7.93. The molecule has 0 bridgehead atoms. The number of halogens is 1. The van der Waals surface area contributed by atoms with Crippen molar-refractivity contribution in [3.63, 3.8) is 0 Å². The third-order valence-corrected chi connectivity index (χ3v) is 3.13. The van der Waals surface area contributed by atoms with Crippen molar-refractivity contribution in [3.8, 4) is 0 Å². The second-order valence-electron chi connectivity index (χ2n) is 4.61.